The summed E-state index contributed by atoms with van der Waals surface area (Å²) in [5.41, 5.74) is 0.833. The normalized spacial score (nSPS) is 16.1. The molecular formula is C5H6N2. The van der Waals surface area contributed by atoms with E-state index in [-0.39, 0.29) is 0 Å². The van der Waals surface area contributed by atoms with Crippen LogP contribution in [0.15, 0.2) is 11.9 Å². The first kappa shape index (κ1) is 4.07. The average molecular weight is 94.1 g/mol. The van der Waals surface area contributed by atoms with E-state index in [1.54, 1.807) is 6.20 Å². The number of terminal acetylenes is 1. The molecule has 0 radical (unpaired) electrons. The first-order valence-corrected chi connectivity index (χ1v) is 2.07. The highest BCUT2D eigenvalue weighted by atomic mass is 15.1. The summed E-state index contributed by atoms with van der Waals surface area (Å²) in [4.78, 5) is 0. The number of rotatable bonds is 0. The van der Waals surface area contributed by atoms with Crippen molar-refractivity contribution in [1.82, 2.24) is 10.6 Å². The van der Waals surface area contributed by atoms with Crippen LogP contribution in [0.4, 0.5) is 0 Å². The fourth-order valence-corrected chi connectivity index (χ4v) is 0.443. The van der Waals surface area contributed by atoms with Crippen LogP contribution in [0, 0.1) is 12.3 Å². The van der Waals surface area contributed by atoms with Crippen LogP contribution < -0.4 is 10.6 Å². The molecule has 0 aromatic heterocycles. The second-order valence-electron chi connectivity index (χ2n) is 1.26. The van der Waals surface area contributed by atoms with E-state index in [9.17, 15) is 0 Å². The third kappa shape index (κ3) is 0.660. The lowest BCUT2D eigenvalue weighted by Crippen LogP contribution is -2.13. The molecule has 1 aliphatic heterocycles. The van der Waals surface area contributed by atoms with Gasteiger partial charge in [0.1, 0.15) is 5.70 Å². The van der Waals surface area contributed by atoms with Gasteiger partial charge in [-0.1, -0.05) is 5.92 Å². The van der Waals surface area contributed by atoms with Gasteiger partial charge in [0.15, 0.2) is 0 Å². The van der Waals surface area contributed by atoms with E-state index >= 15 is 0 Å². The standard InChI is InChI=1S/C5H6N2/c1-2-5-3-6-4-7-5/h1,3,6-7H,4H2. The van der Waals surface area contributed by atoms with E-state index in [2.05, 4.69) is 16.6 Å². The Hall–Kier alpha value is -1.10. The van der Waals surface area contributed by atoms with Gasteiger partial charge in [0.05, 0.1) is 6.67 Å². The Morgan fingerprint density at radius 2 is 2.71 bits per heavy atom. The molecule has 0 spiro atoms. The second kappa shape index (κ2) is 1.57. The molecule has 0 fully saturated rings. The molecule has 0 aromatic carbocycles. The Kier molecular flexibility index (Phi) is 0.910. The Labute approximate surface area is 42.6 Å². The van der Waals surface area contributed by atoms with Crippen molar-refractivity contribution in [3.63, 3.8) is 0 Å². The van der Waals surface area contributed by atoms with Crippen molar-refractivity contribution in [2.45, 2.75) is 0 Å². The molecular weight excluding hydrogens is 88.1 g/mol. The minimum Gasteiger partial charge on any atom is -0.372 e. The van der Waals surface area contributed by atoms with Crippen molar-refractivity contribution in [1.29, 1.82) is 0 Å². The molecule has 0 saturated heterocycles. The fourth-order valence-electron chi connectivity index (χ4n) is 0.443. The summed E-state index contributed by atoms with van der Waals surface area (Å²) >= 11 is 0. The van der Waals surface area contributed by atoms with Crippen molar-refractivity contribution in [3.8, 4) is 12.3 Å². The van der Waals surface area contributed by atoms with E-state index in [0.29, 0.717) is 0 Å². The molecule has 2 nitrogen and oxygen atoms in total. The van der Waals surface area contributed by atoms with Crippen LogP contribution in [0.1, 0.15) is 0 Å². The van der Waals surface area contributed by atoms with Gasteiger partial charge < -0.3 is 10.6 Å². The largest absolute Gasteiger partial charge is 0.372 e. The van der Waals surface area contributed by atoms with Crippen LogP contribution in [0.25, 0.3) is 0 Å². The van der Waals surface area contributed by atoms with Crippen LogP contribution in [-0.4, -0.2) is 6.67 Å². The highest BCUT2D eigenvalue weighted by molar-refractivity contribution is 5.24. The number of allylic oxidation sites excluding steroid dienone is 1. The summed E-state index contributed by atoms with van der Waals surface area (Å²) in [5, 5.41) is 5.83. The molecule has 1 rings (SSSR count). The maximum absolute atomic E-state index is 5.01. The van der Waals surface area contributed by atoms with Gasteiger partial charge in [-0.2, -0.15) is 0 Å². The first-order valence-electron chi connectivity index (χ1n) is 2.07. The maximum atomic E-state index is 5.01. The van der Waals surface area contributed by atoms with Gasteiger partial charge in [-0.05, 0) is 0 Å². The molecule has 0 saturated carbocycles. The summed E-state index contributed by atoms with van der Waals surface area (Å²) in [6.07, 6.45) is 6.79. The van der Waals surface area contributed by atoms with Crippen LogP contribution in [-0.2, 0) is 0 Å². The van der Waals surface area contributed by atoms with E-state index < -0.39 is 0 Å². The minimum absolute atomic E-state index is 0.763. The third-order valence-corrected chi connectivity index (χ3v) is 0.783. The lowest BCUT2D eigenvalue weighted by molar-refractivity contribution is 0.824. The van der Waals surface area contributed by atoms with Gasteiger partial charge in [-0.25, -0.2) is 0 Å². The highest BCUT2D eigenvalue weighted by Crippen LogP contribution is 1.85. The predicted molar refractivity (Wildman–Crippen MR) is 28.1 cm³/mol. The zero-order valence-corrected chi connectivity index (χ0v) is 3.86. The average Bonchev–Trinajstić information content (AvgIpc) is 2.14. The van der Waals surface area contributed by atoms with E-state index in [0.717, 1.165) is 12.4 Å². The van der Waals surface area contributed by atoms with Gasteiger partial charge in [0, 0.05) is 6.20 Å². The quantitative estimate of drug-likeness (QED) is 0.399. The lowest BCUT2D eigenvalue weighted by Gasteiger charge is -1.87. The maximum Gasteiger partial charge on any atom is 0.102 e. The molecule has 0 unspecified atom stereocenters. The van der Waals surface area contributed by atoms with Crippen molar-refractivity contribution >= 4 is 0 Å². The summed E-state index contributed by atoms with van der Waals surface area (Å²) in [6, 6.07) is 0. The molecule has 0 atom stereocenters. The molecule has 0 bridgehead atoms. The summed E-state index contributed by atoms with van der Waals surface area (Å²) < 4.78 is 0. The summed E-state index contributed by atoms with van der Waals surface area (Å²) in [6.45, 7) is 0.763. The Morgan fingerprint density at radius 1 is 1.86 bits per heavy atom. The smallest absolute Gasteiger partial charge is 0.102 e. The monoisotopic (exact) mass is 94.1 g/mol. The zero-order valence-electron chi connectivity index (χ0n) is 3.86. The zero-order chi connectivity index (χ0) is 5.11. The number of hydrogen-bond donors (Lipinski definition) is 2. The molecule has 0 amide bonds. The Morgan fingerprint density at radius 3 is 3.00 bits per heavy atom. The molecule has 2 heteroatoms. The molecule has 0 aromatic rings. The highest BCUT2D eigenvalue weighted by Gasteiger charge is 1.93. The minimum atomic E-state index is 0.763. The summed E-state index contributed by atoms with van der Waals surface area (Å²) in [5.74, 6) is 2.45. The van der Waals surface area contributed by atoms with Crippen molar-refractivity contribution in [3.05, 3.63) is 11.9 Å². The summed E-state index contributed by atoms with van der Waals surface area (Å²) in [7, 11) is 0. The first-order chi connectivity index (χ1) is 3.43. The molecule has 2 N–H and O–H groups in total. The van der Waals surface area contributed by atoms with Crippen LogP contribution in [0.5, 0.6) is 0 Å². The van der Waals surface area contributed by atoms with Crippen molar-refractivity contribution < 1.29 is 0 Å². The van der Waals surface area contributed by atoms with Crippen LogP contribution >= 0.6 is 0 Å². The number of nitrogens with one attached hydrogen (secondary N) is 2. The lowest BCUT2D eigenvalue weighted by atomic mass is 10.5. The van der Waals surface area contributed by atoms with Gasteiger partial charge in [-0.3, -0.25) is 0 Å². The molecule has 7 heavy (non-hydrogen) atoms. The second-order valence-corrected chi connectivity index (χ2v) is 1.26. The predicted octanol–water partition coefficient (Wildman–Crippen LogP) is -0.389. The van der Waals surface area contributed by atoms with Gasteiger partial charge >= 0.3 is 0 Å². The van der Waals surface area contributed by atoms with Crippen LogP contribution in [0.2, 0.25) is 0 Å². The Balaban J connectivity index is 2.57. The SMILES string of the molecule is C#CC1=CNCN1. The van der Waals surface area contributed by atoms with Crippen molar-refractivity contribution in [2.75, 3.05) is 6.67 Å². The van der Waals surface area contributed by atoms with Gasteiger partial charge in [-0.15, -0.1) is 6.42 Å². The van der Waals surface area contributed by atoms with Gasteiger partial charge in [0.2, 0.25) is 0 Å². The topological polar surface area (TPSA) is 24.1 Å². The molecule has 0 aliphatic carbocycles. The van der Waals surface area contributed by atoms with E-state index in [4.69, 9.17) is 6.42 Å². The number of hydrogen-bond acceptors (Lipinski definition) is 2. The molecule has 1 aliphatic rings. The van der Waals surface area contributed by atoms with E-state index in [1.165, 1.54) is 0 Å². The molecule has 36 valence electrons. The van der Waals surface area contributed by atoms with Crippen LogP contribution in [0.3, 0.4) is 0 Å². The Bertz CT molecular complexity index is 130. The van der Waals surface area contributed by atoms with Gasteiger partial charge in [0.25, 0.3) is 0 Å². The molecule has 1 heterocycles. The van der Waals surface area contributed by atoms with E-state index in [1.807, 2.05) is 0 Å². The van der Waals surface area contributed by atoms with Crippen molar-refractivity contribution in [2.24, 2.45) is 0 Å². The third-order valence-electron chi connectivity index (χ3n) is 0.783. The fraction of sp³-hybridized carbons (Fsp3) is 0.200.